The summed E-state index contributed by atoms with van der Waals surface area (Å²) >= 11 is 6.09. The van der Waals surface area contributed by atoms with Crippen LogP contribution in [0.4, 0.5) is 5.69 Å². The first-order chi connectivity index (χ1) is 12.8. The van der Waals surface area contributed by atoms with E-state index in [4.69, 9.17) is 16.1 Å². The third kappa shape index (κ3) is 3.97. The fraction of sp³-hybridized carbons (Fsp3) is 0.125. The predicted molar refractivity (Wildman–Crippen MR) is 96.5 cm³/mol. The first-order valence-electron chi connectivity index (χ1n) is 7.57. The highest BCUT2D eigenvalue weighted by molar-refractivity contribution is 7.89. The Balaban J connectivity index is 1.79. The highest BCUT2D eigenvalue weighted by atomic mass is 35.5. The molecule has 1 aromatic heterocycles. The van der Waals surface area contributed by atoms with Gasteiger partial charge in [0.15, 0.2) is 0 Å². The summed E-state index contributed by atoms with van der Waals surface area (Å²) in [5.74, 6) is 0.328. The molecule has 140 valence electrons. The first-order valence-corrected chi connectivity index (χ1v) is 9.39. The Labute approximate surface area is 159 Å². The van der Waals surface area contributed by atoms with Crippen LogP contribution in [0.3, 0.4) is 0 Å². The zero-order valence-corrected chi connectivity index (χ0v) is 15.5. The van der Waals surface area contributed by atoms with Crippen LogP contribution in [0.1, 0.15) is 5.89 Å². The number of nitrogens with zero attached hydrogens (tertiary/aromatic N) is 4. The third-order valence-corrected chi connectivity index (χ3v) is 5.84. The van der Waals surface area contributed by atoms with Crippen molar-refractivity contribution < 1.29 is 17.9 Å². The normalized spacial score (nSPS) is 11.7. The first kappa shape index (κ1) is 19.0. The molecule has 0 unspecified atom stereocenters. The molecule has 3 aromatic rings. The lowest BCUT2D eigenvalue weighted by Crippen LogP contribution is -2.26. The van der Waals surface area contributed by atoms with Gasteiger partial charge >= 0.3 is 0 Å². The van der Waals surface area contributed by atoms with E-state index in [-0.39, 0.29) is 28.8 Å². The van der Waals surface area contributed by atoms with Crippen molar-refractivity contribution in [3.63, 3.8) is 0 Å². The molecule has 2 aromatic carbocycles. The van der Waals surface area contributed by atoms with Crippen LogP contribution >= 0.6 is 11.6 Å². The summed E-state index contributed by atoms with van der Waals surface area (Å²) in [7, 11) is -2.54. The van der Waals surface area contributed by atoms with E-state index < -0.39 is 14.9 Å². The average Bonchev–Trinajstić information content (AvgIpc) is 3.10. The Morgan fingerprint density at radius 2 is 1.85 bits per heavy atom. The van der Waals surface area contributed by atoms with Crippen LogP contribution in [0.15, 0.2) is 57.9 Å². The van der Waals surface area contributed by atoms with Crippen molar-refractivity contribution in [3.8, 4) is 11.4 Å². The van der Waals surface area contributed by atoms with Gasteiger partial charge in [0.05, 0.1) is 21.4 Å². The van der Waals surface area contributed by atoms with Crippen LogP contribution in [0.2, 0.25) is 5.02 Å². The third-order valence-electron chi connectivity index (χ3n) is 3.70. The van der Waals surface area contributed by atoms with Crippen molar-refractivity contribution in [2.45, 2.75) is 11.4 Å². The Hall–Kier alpha value is -2.82. The number of sulfonamides is 1. The number of non-ortho nitro benzene ring substituents is 1. The number of benzene rings is 2. The summed E-state index contributed by atoms with van der Waals surface area (Å²) < 4.78 is 31.3. The maximum Gasteiger partial charge on any atom is 0.269 e. The molecule has 0 fully saturated rings. The van der Waals surface area contributed by atoms with Gasteiger partial charge in [0.25, 0.3) is 5.69 Å². The van der Waals surface area contributed by atoms with E-state index in [1.807, 2.05) is 0 Å². The number of nitro benzene ring substituents is 1. The van der Waals surface area contributed by atoms with Gasteiger partial charge in [-0.25, -0.2) is 8.42 Å². The smallest absolute Gasteiger partial charge is 0.269 e. The Morgan fingerprint density at radius 1 is 1.19 bits per heavy atom. The van der Waals surface area contributed by atoms with Crippen molar-refractivity contribution in [3.05, 3.63) is 69.6 Å². The predicted octanol–water partition coefficient (Wildman–Crippen LogP) is 3.12. The van der Waals surface area contributed by atoms with Gasteiger partial charge in [-0.15, -0.1) is 0 Å². The quantitative estimate of drug-likeness (QED) is 0.454. The largest absolute Gasteiger partial charge is 0.338 e. The molecule has 0 aliphatic rings. The monoisotopic (exact) mass is 408 g/mol. The Morgan fingerprint density at radius 3 is 2.48 bits per heavy atom. The summed E-state index contributed by atoms with van der Waals surface area (Å²) in [5, 5.41) is 14.9. The molecule has 1 heterocycles. The minimum Gasteiger partial charge on any atom is -0.338 e. The molecule has 9 nitrogen and oxygen atoms in total. The second-order valence-electron chi connectivity index (χ2n) is 5.50. The van der Waals surface area contributed by atoms with E-state index >= 15 is 0 Å². The Bertz CT molecular complexity index is 1080. The number of halogens is 1. The summed E-state index contributed by atoms with van der Waals surface area (Å²) in [5.41, 5.74) is 0.368. The molecule has 0 bridgehead atoms. The minimum absolute atomic E-state index is 0.0814. The lowest BCUT2D eigenvalue weighted by atomic mass is 10.2. The van der Waals surface area contributed by atoms with Crippen molar-refractivity contribution in [1.29, 1.82) is 0 Å². The molecule has 0 aliphatic carbocycles. The second-order valence-corrected chi connectivity index (χ2v) is 7.96. The average molecular weight is 409 g/mol. The van der Waals surface area contributed by atoms with Crippen LogP contribution in [-0.2, 0) is 16.6 Å². The van der Waals surface area contributed by atoms with E-state index in [9.17, 15) is 18.5 Å². The molecule has 0 aliphatic heterocycles. The Kier molecular flexibility index (Phi) is 5.22. The SMILES string of the molecule is CN(Cc1nc(-c2ccccc2Cl)no1)S(=O)(=O)c1ccc([N+](=O)[O-])cc1. The molecule has 0 amide bonds. The van der Waals surface area contributed by atoms with E-state index in [2.05, 4.69) is 10.1 Å². The molecule has 0 radical (unpaired) electrons. The van der Waals surface area contributed by atoms with Gasteiger partial charge in [0.2, 0.25) is 21.7 Å². The summed E-state index contributed by atoms with van der Waals surface area (Å²) in [6.45, 7) is -0.170. The highest BCUT2D eigenvalue weighted by Gasteiger charge is 2.24. The maximum absolute atomic E-state index is 12.6. The van der Waals surface area contributed by atoms with Crippen molar-refractivity contribution in [1.82, 2.24) is 14.4 Å². The molecule has 0 saturated carbocycles. The van der Waals surface area contributed by atoms with Crippen LogP contribution in [0, 0.1) is 10.1 Å². The second kappa shape index (κ2) is 7.43. The highest BCUT2D eigenvalue weighted by Crippen LogP contribution is 2.25. The molecule has 27 heavy (non-hydrogen) atoms. The van der Waals surface area contributed by atoms with Crippen LogP contribution in [0.5, 0.6) is 0 Å². The number of nitro groups is 1. The number of hydrogen-bond donors (Lipinski definition) is 0. The van der Waals surface area contributed by atoms with E-state index in [0.717, 1.165) is 16.4 Å². The van der Waals surface area contributed by atoms with Gasteiger partial charge in [0.1, 0.15) is 0 Å². The number of hydrogen-bond acceptors (Lipinski definition) is 7. The summed E-state index contributed by atoms with van der Waals surface area (Å²) in [6.07, 6.45) is 0. The van der Waals surface area contributed by atoms with Crippen molar-refractivity contribution in [2.75, 3.05) is 7.05 Å². The lowest BCUT2D eigenvalue weighted by molar-refractivity contribution is -0.384. The van der Waals surface area contributed by atoms with Crippen LogP contribution < -0.4 is 0 Å². The van der Waals surface area contributed by atoms with Gasteiger partial charge in [-0.3, -0.25) is 10.1 Å². The van der Waals surface area contributed by atoms with Gasteiger partial charge in [-0.2, -0.15) is 9.29 Å². The zero-order valence-electron chi connectivity index (χ0n) is 13.9. The van der Waals surface area contributed by atoms with Gasteiger partial charge < -0.3 is 4.52 Å². The van der Waals surface area contributed by atoms with Crippen molar-refractivity contribution in [2.24, 2.45) is 0 Å². The van der Waals surface area contributed by atoms with E-state index in [0.29, 0.717) is 10.6 Å². The van der Waals surface area contributed by atoms with E-state index in [1.54, 1.807) is 24.3 Å². The summed E-state index contributed by atoms with van der Waals surface area (Å²) in [6, 6.07) is 11.5. The fourth-order valence-electron chi connectivity index (χ4n) is 2.27. The van der Waals surface area contributed by atoms with Gasteiger partial charge in [-0.1, -0.05) is 28.9 Å². The molecular formula is C16H13ClN4O5S. The molecule has 0 N–H and O–H groups in total. The standard InChI is InChI=1S/C16H13ClN4O5S/c1-20(27(24,25)12-8-6-11(7-9-12)21(22)23)10-15-18-16(19-26-15)13-4-2-3-5-14(13)17/h2-9H,10H2,1H3. The molecule has 0 saturated heterocycles. The van der Waals surface area contributed by atoms with Crippen LogP contribution in [0.25, 0.3) is 11.4 Å². The zero-order chi connectivity index (χ0) is 19.6. The molecule has 3 rings (SSSR count). The van der Waals surface area contributed by atoms with Crippen LogP contribution in [-0.4, -0.2) is 34.8 Å². The van der Waals surface area contributed by atoms with E-state index in [1.165, 1.54) is 19.2 Å². The maximum atomic E-state index is 12.6. The topological polar surface area (TPSA) is 119 Å². The van der Waals surface area contributed by atoms with Gasteiger partial charge in [-0.05, 0) is 24.3 Å². The van der Waals surface area contributed by atoms with Crippen molar-refractivity contribution >= 4 is 27.3 Å². The molecule has 11 heteroatoms. The molecular weight excluding hydrogens is 396 g/mol. The lowest BCUT2D eigenvalue weighted by Gasteiger charge is -2.14. The fourth-order valence-corrected chi connectivity index (χ4v) is 3.61. The number of aromatic nitrogens is 2. The molecule has 0 spiro atoms. The molecule has 0 atom stereocenters. The number of rotatable bonds is 6. The summed E-state index contributed by atoms with van der Waals surface area (Å²) in [4.78, 5) is 14.2. The minimum atomic E-state index is -3.89. The van der Waals surface area contributed by atoms with Gasteiger partial charge in [0, 0.05) is 24.7 Å².